The Bertz CT molecular complexity index is 999. The van der Waals surface area contributed by atoms with Gasteiger partial charge in [-0.15, -0.1) is 0 Å². The first-order chi connectivity index (χ1) is 13.4. The zero-order valence-corrected chi connectivity index (χ0v) is 15.6. The number of hydrogen-bond donors (Lipinski definition) is 4. The van der Waals surface area contributed by atoms with Crippen LogP contribution in [0.2, 0.25) is 5.02 Å². The van der Waals surface area contributed by atoms with Crippen molar-refractivity contribution in [1.82, 2.24) is 0 Å². The highest BCUT2D eigenvalue weighted by molar-refractivity contribution is 6.32. The van der Waals surface area contributed by atoms with Gasteiger partial charge in [0.15, 0.2) is 0 Å². The molecule has 0 saturated heterocycles. The van der Waals surface area contributed by atoms with Gasteiger partial charge in [0.1, 0.15) is 11.5 Å². The Balaban J connectivity index is 0.000000221. The minimum absolute atomic E-state index is 0.0586. The molecule has 6 heteroatoms. The molecule has 0 aliphatic carbocycles. The van der Waals surface area contributed by atoms with E-state index in [-0.39, 0.29) is 22.1 Å². The Kier molecular flexibility index (Phi) is 7.37. The smallest absolute Gasteiger partial charge is 0.248 e. The van der Waals surface area contributed by atoms with E-state index >= 15 is 0 Å². The summed E-state index contributed by atoms with van der Waals surface area (Å²) < 4.78 is 0. The number of amides is 1. The lowest BCUT2D eigenvalue weighted by atomic mass is 10.1. The van der Waals surface area contributed by atoms with Gasteiger partial charge in [0.25, 0.3) is 0 Å². The molecular formula is C22H19ClN2O3. The summed E-state index contributed by atoms with van der Waals surface area (Å²) in [6.45, 7) is 0. The number of rotatable bonds is 4. The second-order valence-electron chi connectivity index (χ2n) is 5.77. The van der Waals surface area contributed by atoms with Gasteiger partial charge in [0.2, 0.25) is 5.91 Å². The predicted molar refractivity (Wildman–Crippen MR) is 113 cm³/mol. The quantitative estimate of drug-likeness (QED) is 0.380. The number of aromatic hydroxyl groups is 2. The van der Waals surface area contributed by atoms with Crippen molar-refractivity contribution in [2.75, 3.05) is 0 Å². The topological polar surface area (TPSA) is 107 Å². The number of halogens is 1. The Hall–Kier alpha value is -3.57. The van der Waals surface area contributed by atoms with E-state index in [0.717, 1.165) is 16.7 Å². The third-order valence-corrected chi connectivity index (χ3v) is 3.98. The van der Waals surface area contributed by atoms with Crippen molar-refractivity contribution in [1.29, 1.82) is 5.41 Å². The molecule has 0 saturated carbocycles. The van der Waals surface area contributed by atoms with Crippen LogP contribution >= 0.6 is 11.6 Å². The molecule has 0 aliphatic heterocycles. The molecule has 5 nitrogen and oxygen atoms in total. The largest absolute Gasteiger partial charge is 0.508 e. The van der Waals surface area contributed by atoms with Crippen LogP contribution < -0.4 is 5.73 Å². The number of phenolic OH excluding ortho intramolecular Hbond substituents is 2. The van der Waals surface area contributed by atoms with Crippen LogP contribution in [0, 0.1) is 5.41 Å². The van der Waals surface area contributed by atoms with Gasteiger partial charge >= 0.3 is 0 Å². The fourth-order valence-electron chi connectivity index (χ4n) is 2.18. The van der Waals surface area contributed by atoms with Crippen molar-refractivity contribution in [3.05, 3.63) is 94.0 Å². The van der Waals surface area contributed by atoms with Crippen molar-refractivity contribution in [3.8, 4) is 11.5 Å². The van der Waals surface area contributed by atoms with Crippen LogP contribution in [0.3, 0.4) is 0 Å². The van der Waals surface area contributed by atoms with Crippen LogP contribution in [-0.4, -0.2) is 22.3 Å². The van der Waals surface area contributed by atoms with E-state index in [4.69, 9.17) is 27.9 Å². The molecule has 0 atom stereocenters. The molecule has 28 heavy (non-hydrogen) atoms. The number of phenols is 2. The van der Waals surface area contributed by atoms with Crippen LogP contribution in [0.4, 0.5) is 0 Å². The molecule has 0 aliphatic rings. The number of benzene rings is 3. The van der Waals surface area contributed by atoms with Crippen LogP contribution in [0.15, 0.2) is 66.7 Å². The molecule has 3 rings (SSSR count). The van der Waals surface area contributed by atoms with Gasteiger partial charge in [-0.05, 0) is 47.0 Å². The van der Waals surface area contributed by atoms with E-state index in [0.29, 0.717) is 0 Å². The highest BCUT2D eigenvalue weighted by Crippen LogP contribution is 2.23. The number of hydrogen-bond acceptors (Lipinski definition) is 4. The van der Waals surface area contributed by atoms with Gasteiger partial charge in [-0.2, -0.15) is 0 Å². The molecule has 0 unspecified atom stereocenters. The maximum absolute atomic E-state index is 10.5. The van der Waals surface area contributed by atoms with E-state index in [2.05, 4.69) is 0 Å². The lowest BCUT2D eigenvalue weighted by Gasteiger charge is -1.97. The van der Waals surface area contributed by atoms with Gasteiger partial charge < -0.3 is 21.4 Å². The minimum Gasteiger partial charge on any atom is -0.508 e. The van der Waals surface area contributed by atoms with Gasteiger partial charge in [-0.1, -0.05) is 60.2 Å². The van der Waals surface area contributed by atoms with Crippen molar-refractivity contribution in [2.45, 2.75) is 0 Å². The molecule has 0 fully saturated rings. The third kappa shape index (κ3) is 6.30. The summed E-state index contributed by atoms with van der Waals surface area (Å²) in [5.41, 5.74) is 8.15. The van der Waals surface area contributed by atoms with E-state index in [9.17, 15) is 9.90 Å². The van der Waals surface area contributed by atoms with E-state index in [1.54, 1.807) is 12.1 Å². The third-order valence-electron chi connectivity index (χ3n) is 3.67. The number of carbonyl (C=O) groups is 1. The Morgan fingerprint density at radius 3 is 2.11 bits per heavy atom. The van der Waals surface area contributed by atoms with Crippen LogP contribution in [0.25, 0.3) is 12.2 Å². The van der Waals surface area contributed by atoms with Crippen LogP contribution in [0.5, 0.6) is 11.5 Å². The second-order valence-corrected chi connectivity index (χ2v) is 6.18. The number of nitrogens with two attached hydrogens (primary N) is 1. The summed E-state index contributed by atoms with van der Waals surface area (Å²) in [6, 6.07) is 18.9. The summed E-state index contributed by atoms with van der Waals surface area (Å²) >= 11 is 5.50. The first-order valence-electron chi connectivity index (χ1n) is 8.25. The standard InChI is InChI=1S/C15H13NO.C7H6ClNO2/c16-11-14-8-5-12(6-9-14)4-7-13-2-1-3-15(17)10-13;8-5-3-4(7(9)11)1-2-6(5)10/h1-11,16-17H;1-3,10H,(H2,9,11)/b7-4+,16-11?;. The summed E-state index contributed by atoms with van der Waals surface area (Å²) in [5.74, 6) is -0.352. The van der Waals surface area contributed by atoms with E-state index < -0.39 is 5.91 Å². The van der Waals surface area contributed by atoms with E-state index in [1.807, 2.05) is 48.6 Å². The molecule has 3 aromatic carbocycles. The van der Waals surface area contributed by atoms with Crippen molar-refractivity contribution in [2.24, 2.45) is 5.73 Å². The molecule has 0 heterocycles. The van der Waals surface area contributed by atoms with Crippen LogP contribution in [-0.2, 0) is 0 Å². The molecule has 1 amide bonds. The summed E-state index contributed by atoms with van der Waals surface area (Å²) in [5, 5.41) is 25.5. The average molecular weight is 395 g/mol. The Morgan fingerprint density at radius 2 is 1.54 bits per heavy atom. The summed E-state index contributed by atoms with van der Waals surface area (Å²) in [6.07, 6.45) is 5.24. The molecule has 0 radical (unpaired) electrons. The fraction of sp³-hybridized carbons (Fsp3) is 0. The molecule has 0 aromatic heterocycles. The highest BCUT2D eigenvalue weighted by atomic mass is 35.5. The van der Waals surface area contributed by atoms with E-state index in [1.165, 1.54) is 24.4 Å². The number of carbonyl (C=O) groups excluding carboxylic acids is 1. The minimum atomic E-state index is -0.563. The maximum Gasteiger partial charge on any atom is 0.248 e. The monoisotopic (exact) mass is 394 g/mol. The Morgan fingerprint density at radius 1 is 0.893 bits per heavy atom. The molecule has 5 N–H and O–H groups in total. The zero-order valence-electron chi connectivity index (χ0n) is 14.8. The van der Waals surface area contributed by atoms with Gasteiger partial charge in [-0.25, -0.2) is 0 Å². The molecule has 0 bridgehead atoms. The summed E-state index contributed by atoms with van der Waals surface area (Å²) in [7, 11) is 0. The van der Waals surface area contributed by atoms with Gasteiger partial charge in [-0.3, -0.25) is 4.79 Å². The lowest BCUT2D eigenvalue weighted by molar-refractivity contribution is 0.100. The number of nitrogens with one attached hydrogen (secondary N) is 1. The van der Waals surface area contributed by atoms with Crippen LogP contribution in [0.1, 0.15) is 27.0 Å². The Labute approximate surface area is 167 Å². The number of primary amides is 1. The fourth-order valence-corrected chi connectivity index (χ4v) is 2.36. The SMILES string of the molecule is N=Cc1ccc(/C=C/c2cccc(O)c2)cc1.NC(=O)c1ccc(O)c(Cl)c1. The first kappa shape index (κ1) is 20.7. The second kappa shape index (κ2) is 9.94. The first-order valence-corrected chi connectivity index (χ1v) is 8.63. The van der Waals surface area contributed by atoms with Gasteiger partial charge in [0, 0.05) is 11.8 Å². The predicted octanol–water partition coefficient (Wildman–Crippen LogP) is 4.70. The molecule has 3 aromatic rings. The lowest BCUT2D eigenvalue weighted by Crippen LogP contribution is -2.10. The van der Waals surface area contributed by atoms with Crippen molar-refractivity contribution >= 4 is 35.9 Å². The highest BCUT2D eigenvalue weighted by Gasteiger charge is 2.03. The maximum atomic E-state index is 10.5. The molecule has 0 spiro atoms. The molecule has 142 valence electrons. The van der Waals surface area contributed by atoms with Crippen molar-refractivity contribution < 1.29 is 15.0 Å². The zero-order chi connectivity index (χ0) is 20.5. The van der Waals surface area contributed by atoms with Crippen molar-refractivity contribution in [3.63, 3.8) is 0 Å². The average Bonchev–Trinajstić information content (AvgIpc) is 2.69. The summed E-state index contributed by atoms with van der Waals surface area (Å²) in [4.78, 5) is 10.5. The normalized spacial score (nSPS) is 10.2. The van der Waals surface area contributed by atoms with Gasteiger partial charge in [0.05, 0.1) is 5.02 Å². The molecular weight excluding hydrogens is 376 g/mol.